The maximum Gasteiger partial charge on any atom is 0.313 e. The third kappa shape index (κ3) is 6.52. The molecule has 1 aliphatic carbocycles. The molecule has 0 heterocycles. The standard InChI is InChI=1S/C28H35NO2/c1-7-10-11-20(4)21(5)17-24(27(9-3)29-16-8-2)19-22-12-14-25-23(18-22)13-15-26(25)28(30)31-6/h7,9-12,14,16,18-19,26H,1,8,13,15,17H2,2-6H3/b11-10-,21-20-,24-19-,27-9-,29-16?. The number of ether oxygens (including phenoxy) is 1. The summed E-state index contributed by atoms with van der Waals surface area (Å²) in [5, 5.41) is 0. The van der Waals surface area contributed by atoms with Crippen molar-refractivity contribution in [3.63, 3.8) is 0 Å². The summed E-state index contributed by atoms with van der Waals surface area (Å²) >= 11 is 0. The zero-order valence-electron chi connectivity index (χ0n) is 19.6. The van der Waals surface area contributed by atoms with Crippen molar-refractivity contribution in [1.29, 1.82) is 0 Å². The van der Waals surface area contributed by atoms with Gasteiger partial charge in [-0.25, -0.2) is 0 Å². The predicted octanol–water partition coefficient (Wildman–Crippen LogP) is 7.13. The normalized spacial score (nSPS) is 17.8. The highest BCUT2D eigenvalue weighted by atomic mass is 16.5. The molecule has 0 aromatic heterocycles. The average molecular weight is 418 g/mol. The predicted molar refractivity (Wildman–Crippen MR) is 132 cm³/mol. The third-order valence-electron chi connectivity index (χ3n) is 5.70. The van der Waals surface area contributed by atoms with Crippen molar-refractivity contribution in [1.82, 2.24) is 0 Å². The lowest BCUT2D eigenvalue weighted by molar-refractivity contribution is -0.142. The minimum atomic E-state index is -0.142. The van der Waals surface area contributed by atoms with Crippen molar-refractivity contribution in [2.45, 2.75) is 59.3 Å². The molecule has 0 fully saturated rings. The minimum absolute atomic E-state index is 0.137. The lowest BCUT2D eigenvalue weighted by Gasteiger charge is -2.12. The molecule has 31 heavy (non-hydrogen) atoms. The number of aryl methyl sites for hydroxylation is 1. The SMILES string of the molecule is C=C/C=C\C(C)=C(\C)CC(=C/c1ccc2c(c1)CCC2C(=O)OC)/C(=C/C)N=CCC. The number of carbonyl (C=O) groups excluding carboxylic acids is 1. The Kier molecular flexibility index (Phi) is 9.45. The molecule has 0 saturated carbocycles. The molecule has 0 aliphatic heterocycles. The number of hydrogen-bond donors (Lipinski definition) is 0. The molecule has 1 aromatic carbocycles. The van der Waals surface area contributed by atoms with E-state index in [-0.39, 0.29) is 11.9 Å². The van der Waals surface area contributed by atoms with E-state index in [2.05, 4.69) is 63.8 Å². The van der Waals surface area contributed by atoms with Crippen molar-refractivity contribution >= 4 is 18.3 Å². The number of carbonyl (C=O) groups is 1. The van der Waals surface area contributed by atoms with Crippen LogP contribution in [0.15, 0.2) is 76.5 Å². The summed E-state index contributed by atoms with van der Waals surface area (Å²) in [4.78, 5) is 16.8. The van der Waals surface area contributed by atoms with Crippen LogP contribution in [0.1, 0.15) is 69.6 Å². The molecule has 3 heteroatoms. The molecule has 3 nitrogen and oxygen atoms in total. The number of allylic oxidation sites excluding steroid dienone is 7. The second-order valence-electron chi connectivity index (χ2n) is 7.87. The first-order valence-electron chi connectivity index (χ1n) is 11.0. The van der Waals surface area contributed by atoms with Crippen LogP contribution in [0, 0.1) is 0 Å². The summed E-state index contributed by atoms with van der Waals surface area (Å²) in [5.41, 5.74) is 8.17. The molecule has 1 atom stereocenters. The summed E-state index contributed by atoms with van der Waals surface area (Å²) in [6, 6.07) is 6.39. The molecule has 1 aliphatic rings. The lowest BCUT2D eigenvalue weighted by atomic mass is 9.95. The zero-order valence-corrected chi connectivity index (χ0v) is 19.6. The van der Waals surface area contributed by atoms with E-state index in [1.54, 1.807) is 6.08 Å². The average Bonchev–Trinajstić information content (AvgIpc) is 3.20. The zero-order chi connectivity index (χ0) is 22.8. The highest BCUT2D eigenvalue weighted by Crippen LogP contribution is 2.35. The maximum absolute atomic E-state index is 12.1. The number of methoxy groups -OCH3 is 1. The summed E-state index contributed by atoms with van der Waals surface area (Å²) < 4.78 is 4.97. The largest absolute Gasteiger partial charge is 0.469 e. The fourth-order valence-corrected chi connectivity index (χ4v) is 3.84. The molecule has 2 rings (SSSR count). The van der Waals surface area contributed by atoms with Gasteiger partial charge in [0.1, 0.15) is 0 Å². The Labute approximate surface area is 187 Å². The molecule has 0 bridgehead atoms. The number of esters is 1. The van der Waals surface area contributed by atoms with Gasteiger partial charge in [0, 0.05) is 6.21 Å². The smallest absolute Gasteiger partial charge is 0.313 e. The second kappa shape index (κ2) is 12.0. The molecular formula is C28H35NO2. The van der Waals surface area contributed by atoms with Crippen LogP contribution >= 0.6 is 0 Å². The Morgan fingerprint density at radius 2 is 2.10 bits per heavy atom. The van der Waals surface area contributed by atoms with E-state index in [4.69, 9.17) is 9.73 Å². The number of fused-ring (bicyclic) bond motifs is 1. The van der Waals surface area contributed by atoms with Crippen molar-refractivity contribution in [3.8, 4) is 0 Å². The van der Waals surface area contributed by atoms with Crippen LogP contribution in [-0.2, 0) is 16.0 Å². The Hall–Kier alpha value is -2.94. The molecule has 0 radical (unpaired) electrons. The third-order valence-corrected chi connectivity index (χ3v) is 5.70. The highest BCUT2D eigenvalue weighted by Gasteiger charge is 2.29. The van der Waals surface area contributed by atoms with E-state index in [0.29, 0.717) is 0 Å². The number of rotatable bonds is 9. The van der Waals surface area contributed by atoms with Gasteiger partial charge >= 0.3 is 5.97 Å². The van der Waals surface area contributed by atoms with E-state index >= 15 is 0 Å². The van der Waals surface area contributed by atoms with Gasteiger partial charge in [0.2, 0.25) is 0 Å². The summed E-state index contributed by atoms with van der Waals surface area (Å²) in [6.45, 7) is 12.2. The van der Waals surface area contributed by atoms with E-state index in [9.17, 15) is 4.79 Å². The maximum atomic E-state index is 12.1. The van der Waals surface area contributed by atoms with Crippen LogP contribution in [0.4, 0.5) is 0 Å². The topological polar surface area (TPSA) is 38.7 Å². The van der Waals surface area contributed by atoms with Gasteiger partial charge < -0.3 is 4.74 Å². The van der Waals surface area contributed by atoms with E-state index in [1.807, 2.05) is 19.2 Å². The number of hydrogen-bond acceptors (Lipinski definition) is 3. The highest BCUT2D eigenvalue weighted by molar-refractivity contribution is 5.80. The fraction of sp³-hybridized carbons (Fsp3) is 0.357. The molecule has 1 aromatic rings. The summed E-state index contributed by atoms with van der Waals surface area (Å²) in [7, 11) is 1.46. The quantitative estimate of drug-likeness (QED) is 0.244. The molecule has 0 saturated heterocycles. The van der Waals surface area contributed by atoms with Gasteiger partial charge in [-0.3, -0.25) is 9.79 Å². The summed E-state index contributed by atoms with van der Waals surface area (Å²) in [6.07, 6.45) is 15.5. The fourth-order valence-electron chi connectivity index (χ4n) is 3.84. The first kappa shape index (κ1) is 24.3. The second-order valence-corrected chi connectivity index (χ2v) is 7.87. The number of aliphatic imine (C=N–C) groups is 1. The van der Waals surface area contributed by atoms with Crippen LogP contribution in [0.3, 0.4) is 0 Å². The van der Waals surface area contributed by atoms with Crippen molar-refractivity contribution < 1.29 is 9.53 Å². The monoisotopic (exact) mass is 417 g/mol. The molecule has 0 amide bonds. The van der Waals surface area contributed by atoms with Gasteiger partial charge in [-0.2, -0.15) is 0 Å². The molecule has 1 unspecified atom stereocenters. The van der Waals surface area contributed by atoms with E-state index < -0.39 is 0 Å². The lowest BCUT2D eigenvalue weighted by Crippen LogP contribution is -2.11. The van der Waals surface area contributed by atoms with Crippen LogP contribution in [-0.4, -0.2) is 19.3 Å². The Morgan fingerprint density at radius 1 is 1.32 bits per heavy atom. The molecule has 164 valence electrons. The Balaban J connectivity index is 2.44. The van der Waals surface area contributed by atoms with Crippen molar-refractivity contribution in [3.05, 3.63) is 88.2 Å². The van der Waals surface area contributed by atoms with Gasteiger partial charge in [-0.15, -0.1) is 0 Å². The Bertz CT molecular complexity index is 957. The Morgan fingerprint density at radius 3 is 2.74 bits per heavy atom. The van der Waals surface area contributed by atoms with Crippen molar-refractivity contribution in [2.24, 2.45) is 4.99 Å². The van der Waals surface area contributed by atoms with Crippen molar-refractivity contribution in [2.75, 3.05) is 7.11 Å². The van der Waals surface area contributed by atoms with Gasteiger partial charge in [-0.1, -0.05) is 67.2 Å². The molecule has 0 spiro atoms. The van der Waals surface area contributed by atoms with Crippen LogP contribution in [0.5, 0.6) is 0 Å². The van der Waals surface area contributed by atoms with Crippen LogP contribution in [0.2, 0.25) is 0 Å². The van der Waals surface area contributed by atoms with Crippen LogP contribution < -0.4 is 0 Å². The summed E-state index contributed by atoms with van der Waals surface area (Å²) in [5.74, 6) is -0.279. The van der Waals surface area contributed by atoms with Crippen LogP contribution in [0.25, 0.3) is 6.08 Å². The number of nitrogens with zero attached hydrogens (tertiary/aromatic N) is 1. The van der Waals surface area contributed by atoms with Gasteiger partial charge in [0.15, 0.2) is 0 Å². The first-order valence-corrected chi connectivity index (χ1v) is 11.0. The molecular weight excluding hydrogens is 382 g/mol. The van der Waals surface area contributed by atoms with E-state index in [0.717, 1.165) is 42.5 Å². The molecule has 0 N–H and O–H groups in total. The van der Waals surface area contributed by atoms with Gasteiger partial charge in [0.25, 0.3) is 0 Å². The van der Waals surface area contributed by atoms with Gasteiger partial charge in [0.05, 0.1) is 18.7 Å². The number of benzene rings is 1. The first-order chi connectivity index (χ1) is 14.9. The van der Waals surface area contributed by atoms with E-state index in [1.165, 1.54) is 29.4 Å². The van der Waals surface area contributed by atoms with Gasteiger partial charge in [-0.05, 0) is 74.8 Å². The minimum Gasteiger partial charge on any atom is -0.469 e.